The molecular formula is C20H21BrFNO3. The first-order valence-electron chi connectivity index (χ1n) is 8.57. The van der Waals surface area contributed by atoms with Crippen LogP contribution >= 0.6 is 15.9 Å². The van der Waals surface area contributed by atoms with Gasteiger partial charge in [0.05, 0.1) is 6.04 Å². The van der Waals surface area contributed by atoms with Gasteiger partial charge in [0.2, 0.25) is 0 Å². The van der Waals surface area contributed by atoms with Crippen LogP contribution in [0.4, 0.5) is 9.18 Å². The highest BCUT2D eigenvalue weighted by Gasteiger charge is 2.43. The van der Waals surface area contributed by atoms with Crippen LogP contribution in [0.5, 0.6) is 0 Å². The molecule has 0 radical (unpaired) electrons. The van der Waals surface area contributed by atoms with Gasteiger partial charge in [-0.15, -0.1) is 0 Å². The van der Waals surface area contributed by atoms with Crippen LogP contribution in [-0.2, 0) is 10.3 Å². The summed E-state index contributed by atoms with van der Waals surface area (Å²) >= 11 is 3.41. The van der Waals surface area contributed by atoms with Crippen LogP contribution in [0, 0.1) is 5.82 Å². The van der Waals surface area contributed by atoms with Gasteiger partial charge in [0, 0.05) is 30.5 Å². The first-order valence-corrected chi connectivity index (χ1v) is 9.36. The molecule has 1 aliphatic rings. The highest BCUT2D eigenvalue weighted by atomic mass is 79.9. The van der Waals surface area contributed by atoms with Gasteiger partial charge in [-0.2, -0.15) is 0 Å². The van der Waals surface area contributed by atoms with E-state index in [0.717, 1.165) is 10.0 Å². The molecule has 1 saturated heterocycles. The summed E-state index contributed by atoms with van der Waals surface area (Å²) in [6, 6.07) is 13.6. The fraction of sp³-hybridized carbons (Fsp3) is 0.350. The Bertz CT molecular complexity index is 766. The van der Waals surface area contributed by atoms with Crippen LogP contribution in [0.15, 0.2) is 53.0 Å². The third kappa shape index (κ3) is 3.76. The van der Waals surface area contributed by atoms with Crippen molar-refractivity contribution in [2.45, 2.75) is 31.4 Å². The molecular weight excluding hydrogens is 401 g/mol. The molecule has 2 aromatic carbocycles. The minimum atomic E-state index is -0.921. The number of benzene rings is 2. The molecule has 2 aromatic rings. The monoisotopic (exact) mass is 421 g/mol. The van der Waals surface area contributed by atoms with Gasteiger partial charge in [-0.1, -0.05) is 40.2 Å². The Morgan fingerprint density at radius 1 is 1.23 bits per heavy atom. The molecule has 1 aliphatic heterocycles. The lowest BCUT2D eigenvalue weighted by Gasteiger charge is -2.43. The topological polar surface area (TPSA) is 49.8 Å². The normalized spacial score (nSPS) is 21.4. The van der Waals surface area contributed by atoms with Crippen molar-refractivity contribution in [3.05, 3.63) is 69.9 Å². The standard InChI is InChI=1S/C20H21BrFNO3/c1-14(15-2-6-17(21)7-3-15)23-12-10-20(11-13-24,26-19(23)25)16-4-8-18(22)9-5-16/h2-9,14,24H,10-13H2,1H3/t14-,20?/m1/s1. The van der Waals surface area contributed by atoms with Crippen molar-refractivity contribution in [2.75, 3.05) is 13.2 Å². The fourth-order valence-electron chi connectivity index (χ4n) is 3.40. The number of hydrogen-bond acceptors (Lipinski definition) is 3. The van der Waals surface area contributed by atoms with Crippen LogP contribution in [-0.4, -0.2) is 29.3 Å². The summed E-state index contributed by atoms with van der Waals surface area (Å²) in [5.74, 6) is -0.347. The maximum atomic E-state index is 13.3. The van der Waals surface area contributed by atoms with E-state index < -0.39 is 11.7 Å². The van der Waals surface area contributed by atoms with Crippen molar-refractivity contribution in [1.29, 1.82) is 0 Å². The van der Waals surface area contributed by atoms with E-state index in [1.165, 1.54) is 12.1 Å². The molecule has 0 aliphatic carbocycles. The van der Waals surface area contributed by atoms with Crippen LogP contribution in [0.3, 0.4) is 0 Å². The Kier molecular flexibility index (Phi) is 5.63. The van der Waals surface area contributed by atoms with Crippen molar-refractivity contribution in [2.24, 2.45) is 0 Å². The average molecular weight is 422 g/mol. The zero-order valence-corrected chi connectivity index (χ0v) is 16.1. The number of halogens is 2. The van der Waals surface area contributed by atoms with E-state index in [0.29, 0.717) is 18.5 Å². The summed E-state index contributed by atoms with van der Waals surface area (Å²) in [7, 11) is 0. The van der Waals surface area contributed by atoms with Gasteiger partial charge >= 0.3 is 6.09 Å². The maximum Gasteiger partial charge on any atom is 0.411 e. The summed E-state index contributed by atoms with van der Waals surface area (Å²) in [4.78, 5) is 14.4. The van der Waals surface area contributed by atoms with Gasteiger partial charge in [0.15, 0.2) is 0 Å². The van der Waals surface area contributed by atoms with Crippen molar-refractivity contribution in [3.63, 3.8) is 0 Å². The number of rotatable bonds is 5. The van der Waals surface area contributed by atoms with E-state index in [2.05, 4.69) is 15.9 Å². The summed E-state index contributed by atoms with van der Waals surface area (Å²) in [5, 5.41) is 9.48. The molecule has 3 rings (SSSR count). The third-order valence-corrected chi connectivity index (χ3v) is 5.51. The van der Waals surface area contributed by atoms with Crippen LogP contribution in [0.1, 0.15) is 36.9 Å². The van der Waals surface area contributed by atoms with Crippen LogP contribution in [0.2, 0.25) is 0 Å². The van der Waals surface area contributed by atoms with E-state index in [9.17, 15) is 14.3 Å². The number of cyclic esters (lactones) is 1. The molecule has 0 aromatic heterocycles. The summed E-state index contributed by atoms with van der Waals surface area (Å²) in [5.41, 5.74) is 0.800. The van der Waals surface area contributed by atoms with Gasteiger partial charge in [-0.25, -0.2) is 9.18 Å². The zero-order chi connectivity index (χ0) is 18.7. The second kappa shape index (κ2) is 7.76. The number of hydrogen-bond donors (Lipinski definition) is 1. The number of nitrogens with zero attached hydrogens (tertiary/aromatic N) is 1. The highest BCUT2D eigenvalue weighted by molar-refractivity contribution is 9.10. The second-order valence-electron chi connectivity index (χ2n) is 6.51. The lowest BCUT2D eigenvalue weighted by Crippen LogP contribution is -2.49. The SMILES string of the molecule is C[C@H](c1ccc(Br)cc1)N1CCC(CCO)(c2ccc(F)cc2)OC1=O. The van der Waals surface area contributed by atoms with Crippen molar-refractivity contribution < 1.29 is 19.0 Å². The van der Waals surface area contributed by atoms with E-state index in [4.69, 9.17) is 4.74 Å². The Morgan fingerprint density at radius 2 is 1.88 bits per heavy atom. The summed E-state index contributed by atoms with van der Waals surface area (Å²) < 4.78 is 20.1. The molecule has 26 heavy (non-hydrogen) atoms. The molecule has 1 heterocycles. The number of amides is 1. The molecule has 0 saturated carbocycles. The molecule has 1 unspecified atom stereocenters. The largest absolute Gasteiger partial charge is 0.438 e. The third-order valence-electron chi connectivity index (χ3n) is 4.98. The van der Waals surface area contributed by atoms with E-state index >= 15 is 0 Å². The minimum Gasteiger partial charge on any atom is -0.438 e. The number of ether oxygens (including phenoxy) is 1. The molecule has 1 amide bonds. The zero-order valence-electron chi connectivity index (χ0n) is 14.5. The van der Waals surface area contributed by atoms with Gasteiger partial charge in [0.1, 0.15) is 11.4 Å². The Morgan fingerprint density at radius 3 is 2.46 bits per heavy atom. The van der Waals surface area contributed by atoms with Gasteiger partial charge in [0.25, 0.3) is 0 Å². The molecule has 4 nitrogen and oxygen atoms in total. The van der Waals surface area contributed by atoms with Gasteiger partial charge < -0.3 is 14.7 Å². The molecule has 138 valence electrons. The average Bonchev–Trinajstić information content (AvgIpc) is 2.63. The number of aliphatic hydroxyl groups excluding tert-OH is 1. The minimum absolute atomic E-state index is 0.118. The molecule has 0 bridgehead atoms. The molecule has 0 spiro atoms. The van der Waals surface area contributed by atoms with Gasteiger partial charge in [-0.05, 0) is 42.3 Å². The highest BCUT2D eigenvalue weighted by Crippen LogP contribution is 2.39. The van der Waals surface area contributed by atoms with Crippen molar-refractivity contribution in [3.8, 4) is 0 Å². The van der Waals surface area contributed by atoms with Crippen LogP contribution in [0.25, 0.3) is 0 Å². The first-order chi connectivity index (χ1) is 12.4. The second-order valence-corrected chi connectivity index (χ2v) is 7.43. The number of carbonyl (C=O) groups is 1. The Hall–Kier alpha value is -1.92. The number of aliphatic hydroxyl groups is 1. The number of carbonyl (C=O) groups excluding carboxylic acids is 1. The van der Waals surface area contributed by atoms with E-state index in [-0.39, 0.29) is 24.9 Å². The maximum absolute atomic E-state index is 13.3. The Labute approximate surface area is 160 Å². The lowest BCUT2D eigenvalue weighted by atomic mass is 9.85. The summed E-state index contributed by atoms with van der Waals surface area (Å²) in [6.07, 6.45) is 0.390. The first kappa shape index (κ1) is 18.9. The smallest absolute Gasteiger partial charge is 0.411 e. The predicted molar refractivity (Wildman–Crippen MR) is 100 cm³/mol. The van der Waals surface area contributed by atoms with Crippen LogP contribution < -0.4 is 0 Å². The molecule has 1 fully saturated rings. The molecule has 2 atom stereocenters. The fourth-order valence-corrected chi connectivity index (χ4v) is 3.66. The van der Waals surface area contributed by atoms with E-state index in [1.807, 2.05) is 31.2 Å². The molecule has 1 N–H and O–H groups in total. The lowest BCUT2D eigenvalue weighted by molar-refractivity contribution is -0.0718. The quantitative estimate of drug-likeness (QED) is 0.756. The Balaban J connectivity index is 1.81. The summed E-state index contributed by atoms with van der Waals surface area (Å²) in [6.45, 7) is 2.34. The van der Waals surface area contributed by atoms with Crippen molar-refractivity contribution in [1.82, 2.24) is 4.90 Å². The van der Waals surface area contributed by atoms with E-state index in [1.54, 1.807) is 17.0 Å². The molecule has 6 heteroatoms. The van der Waals surface area contributed by atoms with Crippen molar-refractivity contribution >= 4 is 22.0 Å². The van der Waals surface area contributed by atoms with Gasteiger partial charge in [-0.3, -0.25) is 0 Å². The predicted octanol–water partition coefficient (Wildman–Crippen LogP) is 4.77.